The molecule has 2 aromatic carbocycles. The number of benzene rings is 2. The number of aromatic amines is 1. The standard InChI is InChI=1S/C24H22F2N4O2/c25-19-8-7-14(10-20(19)26)18-12-27-29-23(18)15-4-3-9-30(13-15)22(31)11-21-16-5-1-2-6-17(16)24(32)28-21/h1-2,5-8,10,12,15,21H,3-4,9,11,13H2,(H,27,29)(H,28,32). The molecule has 1 saturated heterocycles. The largest absolute Gasteiger partial charge is 0.345 e. The van der Waals surface area contributed by atoms with Crippen molar-refractivity contribution >= 4 is 11.8 Å². The summed E-state index contributed by atoms with van der Waals surface area (Å²) in [6.07, 6.45) is 3.48. The van der Waals surface area contributed by atoms with Crippen molar-refractivity contribution in [3.05, 3.63) is 77.1 Å². The number of halogens is 2. The number of piperidine rings is 1. The molecule has 5 rings (SSSR count). The Bertz CT molecular complexity index is 1190. The topological polar surface area (TPSA) is 78.1 Å². The van der Waals surface area contributed by atoms with Crippen LogP contribution in [-0.4, -0.2) is 40.0 Å². The zero-order valence-corrected chi connectivity index (χ0v) is 17.3. The first-order chi connectivity index (χ1) is 15.5. The lowest BCUT2D eigenvalue weighted by atomic mass is 9.90. The van der Waals surface area contributed by atoms with Crippen molar-refractivity contribution in [2.24, 2.45) is 0 Å². The summed E-state index contributed by atoms with van der Waals surface area (Å²) in [5.74, 6) is -1.97. The molecule has 6 nitrogen and oxygen atoms in total. The molecule has 1 fully saturated rings. The molecule has 2 atom stereocenters. The van der Waals surface area contributed by atoms with Crippen molar-refractivity contribution in [2.75, 3.05) is 13.1 Å². The monoisotopic (exact) mass is 436 g/mol. The molecule has 0 bridgehead atoms. The fourth-order valence-electron chi connectivity index (χ4n) is 4.73. The molecule has 3 aromatic rings. The first-order valence-electron chi connectivity index (χ1n) is 10.7. The predicted molar refractivity (Wildman–Crippen MR) is 114 cm³/mol. The van der Waals surface area contributed by atoms with Crippen molar-refractivity contribution in [3.63, 3.8) is 0 Å². The predicted octanol–water partition coefficient (Wildman–Crippen LogP) is 3.94. The van der Waals surface area contributed by atoms with E-state index >= 15 is 0 Å². The molecule has 0 spiro atoms. The van der Waals surface area contributed by atoms with Crippen LogP contribution in [0.4, 0.5) is 8.78 Å². The summed E-state index contributed by atoms with van der Waals surface area (Å²) in [5, 5.41) is 10.0. The molecule has 2 aliphatic heterocycles. The van der Waals surface area contributed by atoms with Crippen LogP contribution < -0.4 is 5.32 Å². The second-order valence-corrected chi connectivity index (χ2v) is 8.32. The highest BCUT2D eigenvalue weighted by Gasteiger charge is 2.33. The number of fused-ring (bicyclic) bond motifs is 1. The molecule has 2 amide bonds. The molecule has 2 N–H and O–H groups in total. The Morgan fingerprint density at radius 1 is 1.12 bits per heavy atom. The number of carbonyl (C=O) groups excluding carboxylic acids is 2. The molecular weight excluding hydrogens is 414 g/mol. The molecule has 0 radical (unpaired) electrons. The van der Waals surface area contributed by atoms with Gasteiger partial charge in [-0.2, -0.15) is 5.10 Å². The maximum Gasteiger partial charge on any atom is 0.252 e. The number of rotatable bonds is 4. The Hall–Kier alpha value is -3.55. The van der Waals surface area contributed by atoms with Crippen molar-refractivity contribution in [2.45, 2.75) is 31.2 Å². The van der Waals surface area contributed by atoms with E-state index in [1.165, 1.54) is 6.07 Å². The number of carbonyl (C=O) groups is 2. The normalized spacial score (nSPS) is 20.2. The van der Waals surface area contributed by atoms with Gasteiger partial charge in [0.25, 0.3) is 5.91 Å². The molecule has 164 valence electrons. The Labute approximate surface area is 183 Å². The van der Waals surface area contributed by atoms with Gasteiger partial charge in [0.05, 0.1) is 18.7 Å². The molecule has 1 aromatic heterocycles. The van der Waals surface area contributed by atoms with Crippen molar-refractivity contribution in [1.29, 1.82) is 0 Å². The van der Waals surface area contributed by atoms with Crippen molar-refractivity contribution < 1.29 is 18.4 Å². The first-order valence-corrected chi connectivity index (χ1v) is 10.7. The molecule has 32 heavy (non-hydrogen) atoms. The van der Waals surface area contributed by atoms with Gasteiger partial charge in [0.1, 0.15) is 0 Å². The number of hydrogen-bond donors (Lipinski definition) is 2. The average molecular weight is 436 g/mol. The number of amides is 2. The number of nitrogens with zero attached hydrogens (tertiary/aromatic N) is 2. The molecule has 8 heteroatoms. The molecular formula is C24H22F2N4O2. The molecule has 0 saturated carbocycles. The highest BCUT2D eigenvalue weighted by molar-refractivity contribution is 5.99. The third-order valence-electron chi connectivity index (χ3n) is 6.35. The minimum absolute atomic E-state index is 0.00349. The summed E-state index contributed by atoms with van der Waals surface area (Å²) in [6.45, 7) is 1.15. The second-order valence-electron chi connectivity index (χ2n) is 8.32. The van der Waals surface area contributed by atoms with Crippen LogP contribution in [0.1, 0.15) is 52.8 Å². The third kappa shape index (κ3) is 3.66. The van der Waals surface area contributed by atoms with E-state index in [1.54, 1.807) is 12.3 Å². The molecule has 2 unspecified atom stereocenters. The number of likely N-dealkylation sites (tertiary alicyclic amines) is 1. The van der Waals surface area contributed by atoms with E-state index in [0.29, 0.717) is 29.8 Å². The lowest BCUT2D eigenvalue weighted by molar-refractivity contribution is -0.132. The van der Waals surface area contributed by atoms with Gasteiger partial charge in [0, 0.05) is 35.8 Å². The summed E-state index contributed by atoms with van der Waals surface area (Å²) in [4.78, 5) is 27.1. The van der Waals surface area contributed by atoms with Crippen molar-refractivity contribution in [1.82, 2.24) is 20.4 Å². The minimum atomic E-state index is -0.908. The van der Waals surface area contributed by atoms with E-state index in [1.807, 2.05) is 23.1 Å². The summed E-state index contributed by atoms with van der Waals surface area (Å²) >= 11 is 0. The van der Waals surface area contributed by atoms with E-state index in [0.717, 1.165) is 36.2 Å². The summed E-state index contributed by atoms with van der Waals surface area (Å²) < 4.78 is 27.1. The molecule has 3 heterocycles. The van der Waals surface area contributed by atoms with Crippen LogP contribution in [0.3, 0.4) is 0 Å². The fraction of sp³-hybridized carbons (Fsp3) is 0.292. The lowest BCUT2D eigenvalue weighted by Crippen LogP contribution is -2.40. The van der Waals surface area contributed by atoms with Gasteiger partial charge >= 0.3 is 0 Å². The summed E-state index contributed by atoms with van der Waals surface area (Å²) in [6, 6.07) is 10.8. The second kappa shape index (κ2) is 8.18. The van der Waals surface area contributed by atoms with Crippen LogP contribution in [-0.2, 0) is 4.79 Å². The zero-order valence-electron chi connectivity index (χ0n) is 17.3. The maximum absolute atomic E-state index is 13.8. The Morgan fingerprint density at radius 2 is 1.97 bits per heavy atom. The quantitative estimate of drug-likeness (QED) is 0.651. The minimum Gasteiger partial charge on any atom is -0.345 e. The van der Waals surface area contributed by atoms with Gasteiger partial charge in [-0.05, 0) is 42.2 Å². The highest BCUT2D eigenvalue weighted by Crippen LogP contribution is 2.34. The van der Waals surface area contributed by atoms with Gasteiger partial charge in [-0.3, -0.25) is 14.7 Å². The van der Waals surface area contributed by atoms with Crippen LogP contribution in [0.5, 0.6) is 0 Å². The van der Waals surface area contributed by atoms with E-state index < -0.39 is 11.6 Å². The van der Waals surface area contributed by atoms with E-state index in [4.69, 9.17) is 0 Å². The fourth-order valence-corrected chi connectivity index (χ4v) is 4.73. The van der Waals surface area contributed by atoms with Gasteiger partial charge in [-0.15, -0.1) is 0 Å². The van der Waals surface area contributed by atoms with E-state index in [2.05, 4.69) is 15.5 Å². The van der Waals surface area contributed by atoms with Crippen LogP contribution in [0.2, 0.25) is 0 Å². The first kappa shape index (κ1) is 20.4. The highest BCUT2D eigenvalue weighted by atomic mass is 19.2. The molecule has 2 aliphatic rings. The van der Waals surface area contributed by atoms with E-state index in [9.17, 15) is 18.4 Å². The van der Waals surface area contributed by atoms with Crippen LogP contribution >= 0.6 is 0 Å². The number of nitrogens with one attached hydrogen (secondary N) is 2. The van der Waals surface area contributed by atoms with Gasteiger partial charge in [0.2, 0.25) is 5.91 Å². The SMILES string of the molecule is O=C1NC(CC(=O)N2CCCC(c3[nH]ncc3-c3ccc(F)c(F)c3)C2)c2ccccc21. The van der Waals surface area contributed by atoms with Gasteiger partial charge < -0.3 is 10.2 Å². The Kier molecular flexibility index (Phi) is 5.20. The maximum atomic E-state index is 13.8. The smallest absolute Gasteiger partial charge is 0.252 e. The van der Waals surface area contributed by atoms with Gasteiger partial charge in [-0.1, -0.05) is 24.3 Å². The number of H-pyrrole nitrogens is 1. The Balaban J connectivity index is 1.32. The van der Waals surface area contributed by atoms with Crippen LogP contribution in [0.25, 0.3) is 11.1 Å². The van der Waals surface area contributed by atoms with Gasteiger partial charge in [0.15, 0.2) is 11.6 Å². The lowest BCUT2D eigenvalue weighted by Gasteiger charge is -2.33. The summed E-state index contributed by atoms with van der Waals surface area (Å²) in [7, 11) is 0. The zero-order chi connectivity index (χ0) is 22.2. The van der Waals surface area contributed by atoms with Crippen molar-refractivity contribution in [3.8, 4) is 11.1 Å². The number of aromatic nitrogens is 2. The average Bonchev–Trinajstić information content (AvgIpc) is 3.41. The summed E-state index contributed by atoms with van der Waals surface area (Å²) in [5.41, 5.74) is 3.54. The van der Waals surface area contributed by atoms with Gasteiger partial charge in [-0.25, -0.2) is 8.78 Å². The van der Waals surface area contributed by atoms with Crippen LogP contribution in [0.15, 0.2) is 48.7 Å². The van der Waals surface area contributed by atoms with E-state index in [-0.39, 0.29) is 30.2 Å². The Morgan fingerprint density at radius 3 is 2.81 bits per heavy atom. The third-order valence-corrected chi connectivity index (χ3v) is 6.35. The van der Waals surface area contributed by atoms with Crippen LogP contribution in [0, 0.1) is 11.6 Å². The molecule has 0 aliphatic carbocycles. The number of hydrogen-bond acceptors (Lipinski definition) is 3.